The summed E-state index contributed by atoms with van der Waals surface area (Å²) < 4.78 is 0. The molecule has 0 aliphatic carbocycles. The van der Waals surface area contributed by atoms with Crippen LogP contribution in [0.5, 0.6) is 0 Å². The molecule has 0 saturated carbocycles. The zero-order valence-corrected chi connectivity index (χ0v) is 8.06. The van der Waals surface area contributed by atoms with Gasteiger partial charge in [0.1, 0.15) is 0 Å². The monoisotopic (exact) mass is 152 g/mol. The molecular weight excluding hydrogens is 132 g/mol. The number of hydrogen-bond donors (Lipinski definition) is 0. The van der Waals surface area contributed by atoms with Crippen LogP contribution in [0, 0.1) is 5.92 Å². The van der Waals surface area contributed by atoms with Crippen molar-refractivity contribution in [2.75, 3.05) is 0 Å². The van der Waals surface area contributed by atoms with Crippen molar-refractivity contribution in [1.82, 2.24) is 0 Å². The lowest BCUT2D eigenvalue weighted by Crippen LogP contribution is -1.96. The van der Waals surface area contributed by atoms with Gasteiger partial charge >= 0.3 is 0 Å². The van der Waals surface area contributed by atoms with Gasteiger partial charge in [-0.3, -0.25) is 0 Å². The van der Waals surface area contributed by atoms with Crippen LogP contribution in [-0.2, 0) is 0 Å². The molecule has 0 aromatic carbocycles. The lowest BCUT2D eigenvalue weighted by molar-refractivity contribution is 0.594. The Balaban J connectivity index is 3.63. The minimum absolute atomic E-state index is 0.691. The predicted molar refractivity (Wildman–Crippen MR) is 52.6 cm³/mol. The summed E-state index contributed by atoms with van der Waals surface area (Å²) in [6, 6.07) is 0. The smallest absolute Gasteiger partial charge is 0.0139 e. The Kier molecular flexibility index (Phi) is 5.91. The van der Waals surface area contributed by atoms with Crippen LogP contribution in [0.4, 0.5) is 0 Å². The van der Waals surface area contributed by atoms with E-state index in [2.05, 4.69) is 39.5 Å². The van der Waals surface area contributed by atoms with Crippen LogP contribution >= 0.6 is 0 Å². The molecule has 0 radical (unpaired) electrons. The van der Waals surface area contributed by atoms with E-state index in [1.54, 1.807) is 0 Å². The first kappa shape index (κ1) is 10.5. The van der Waals surface area contributed by atoms with Crippen molar-refractivity contribution in [3.63, 3.8) is 0 Å². The van der Waals surface area contributed by atoms with Crippen LogP contribution in [0.3, 0.4) is 0 Å². The van der Waals surface area contributed by atoms with E-state index in [9.17, 15) is 0 Å². The summed E-state index contributed by atoms with van der Waals surface area (Å²) in [6.07, 6.45) is 7.85. The first-order chi connectivity index (χ1) is 5.22. The third-order valence-electron chi connectivity index (χ3n) is 2.03. The molecule has 1 unspecified atom stereocenters. The molecule has 0 N–H and O–H groups in total. The fourth-order valence-corrected chi connectivity index (χ4v) is 1.11. The van der Waals surface area contributed by atoms with Crippen molar-refractivity contribution < 1.29 is 0 Å². The van der Waals surface area contributed by atoms with Gasteiger partial charge in [0, 0.05) is 0 Å². The highest BCUT2D eigenvalue weighted by atomic mass is 14.1. The fraction of sp³-hybridized carbons (Fsp3) is 0.636. The van der Waals surface area contributed by atoms with Crippen molar-refractivity contribution in [3.8, 4) is 0 Å². The molecule has 0 nitrogen and oxygen atoms in total. The molecule has 0 saturated heterocycles. The molecule has 0 fully saturated rings. The maximum atomic E-state index is 4.06. The predicted octanol–water partition coefficient (Wildman–Crippen LogP) is 3.95. The lowest BCUT2D eigenvalue weighted by atomic mass is 9.95. The maximum absolute atomic E-state index is 4.06. The molecule has 0 aromatic rings. The van der Waals surface area contributed by atoms with Crippen LogP contribution in [0.1, 0.15) is 40.0 Å². The zero-order chi connectivity index (χ0) is 8.69. The highest BCUT2D eigenvalue weighted by Crippen LogP contribution is 2.17. The molecule has 0 heteroatoms. The highest BCUT2D eigenvalue weighted by Gasteiger charge is 2.02. The van der Waals surface area contributed by atoms with E-state index in [0.29, 0.717) is 5.92 Å². The summed E-state index contributed by atoms with van der Waals surface area (Å²) >= 11 is 0. The lowest BCUT2D eigenvalue weighted by Gasteiger charge is -2.11. The van der Waals surface area contributed by atoms with Crippen molar-refractivity contribution in [2.24, 2.45) is 5.92 Å². The Morgan fingerprint density at radius 3 is 2.64 bits per heavy atom. The van der Waals surface area contributed by atoms with Gasteiger partial charge < -0.3 is 0 Å². The van der Waals surface area contributed by atoms with Crippen molar-refractivity contribution in [2.45, 2.75) is 40.0 Å². The summed E-state index contributed by atoms with van der Waals surface area (Å²) in [5, 5.41) is 0. The third kappa shape index (κ3) is 4.83. The topological polar surface area (TPSA) is 0 Å². The number of hydrogen-bond acceptors (Lipinski definition) is 0. The molecule has 1 atom stereocenters. The molecule has 0 spiro atoms. The summed E-state index contributed by atoms with van der Waals surface area (Å²) in [4.78, 5) is 0. The molecule has 64 valence electrons. The quantitative estimate of drug-likeness (QED) is 0.523. The summed E-state index contributed by atoms with van der Waals surface area (Å²) in [6.45, 7) is 10.6. The molecule has 0 aliphatic heterocycles. The second-order valence-electron chi connectivity index (χ2n) is 3.12. The van der Waals surface area contributed by atoms with Crippen molar-refractivity contribution in [1.29, 1.82) is 0 Å². The zero-order valence-electron chi connectivity index (χ0n) is 8.06. The van der Waals surface area contributed by atoms with Gasteiger partial charge in [-0.1, -0.05) is 44.6 Å². The van der Waals surface area contributed by atoms with E-state index >= 15 is 0 Å². The average Bonchev–Trinajstić information content (AvgIpc) is 2.00. The summed E-state index contributed by atoms with van der Waals surface area (Å²) in [5.74, 6) is 0.691. The Hall–Kier alpha value is -0.520. The van der Waals surface area contributed by atoms with Gasteiger partial charge in [-0.25, -0.2) is 0 Å². The second-order valence-corrected chi connectivity index (χ2v) is 3.12. The van der Waals surface area contributed by atoms with E-state index in [4.69, 9.17) is 0 Å². The minimum atomic E-state index is 0.691. The van der Waals surface area contributed by atoms with E-state index in [1.807, 2.05) is 0 Å². The fourth-order valence-electron chi connectivity index (χ4n) is 1.11. The standard InChI is InChI=1S/C11H20/c1-5-7-9-11(4)10(3)8-6-2/h5,7,10H,4,6,8-9H2,1-3H3. The molecule has 0 heterocycles. The Bertz CT molecular complexity index is 131. The average molecular weight is 152 g/mol. The van der Waals surface area contributed by atoms with Gasteiger partial charge in [-0.05, 0) is 25.7 Å². The van der Waals surface area contributed by atoms with Crippen LogP contribution < -0.4 is 0 Å². The Morgan fingerprint density at radius 1 is 1.55 bits per heavy atom. The van der Waals surface area contributed by atoms with Crippen LogP contribution in [-0.4, -0.2) is 0 Å². The Labute approximate surface area is 71.0 Å². The minimum Gasteiger partial charge on any atom is -0.0993 e. The molecule has 11 heavy (non-hydrogen) atoms. The molecular formula is C11H20. The SMILES string of the molecule is C=C(CC=CC)C(C)CCC. The van der Waals surface area contributed by atoms with Gasteiger partial charge in [-0.15, -0.1) is 0 Å². The molecule has 0 rings (SSSR count). The number of allylic oxidation sites excluding steroid dienone is 3. The van der Waals surface area contributed by atoms with Gasteiger partial charge in [-0.2, -0.15) is 0 Å². The van der Waals surface area contributed by atoms with Crippen molar-refractivity contribution >= 4 is 0 Å². The Morgan fingerprint density at radius 2 is 2.18 bits per heavy atom. The van der Waals surface area contributed by atoms with E-state index in [1.165, 1.54) is 18.4 Å². The van der Waals surface area contributed by atoms with Crippen LogP contribution in [0.15, 0.2) is 24.3 Å². The molecule has 0 aromatic heterocycles. The van der Waals surface area contributed by atoms with Crippen LogP contribution in [0.2, 0.25) is 0 Å². The van der Waals surface area contributed by atoms with E-state index in [-0.39, 0.29) is 0 Å². The van der Waals surface area contributed by atoms with Gasteiger partial charge in [0.2, 0.25) is 0 Å². The molecule has 0 amide bonds. The van der Waals surface area contributed by atoms with Gasteiger partial charge in [0.15, 0.2) is 0 Å². The summed E-state index contributed by atoms with van der Waals surface area (Å²) in [5.41, 5.74) is 1.37. The molecule has 0 bridgehead atoms. The highest BCUT2D eigenvalue weighted by molar-refractivity contribution is 5.04. The normalized spacial score (nSPS) is 13.7. The first-order valence-corrected chi connectivity index (χ1v) is 4.51. The van der Waals surface area contributed by atoms with E-state index < -0.39 is 0 Å². The van der Waals surface area contributed by atoms with E-state index in [0.717, 1.165) is 6.42 Å². The third-order valence-corrected chi connectivity index (χ3v) is 2.03. The van der Waals surface area contributed by atoms with Crippen molar-refractivity contribution in [3.05, 3.63) is 24.3 Å². The summed E-state index contributed by atoms with van der Waals surface area (Å²) in [7, 11) is 0. The first-order valence-electron chi connectivity index (χ1n) is 4.51. The van der Waals surface area contributed by atoms with Gasteiger partial charge in [0.05, 0.1) is 0 Å². The van der Waals surface area contributed by atoms with Crippen LogP contribution in [0.25, 0.3) is 0 Å². The number of rotatable bonds is 5. The van der Waals surface area contributed by atoms with Gasteiger partial charge in [0.25, 0.3) is 0 Å². The maximum Gasteiger partial charge on any atom is -0.0139 e. The second kappa shape index (κ2) is 6.21. The molecule has 0 aliphatic rings. The largest absolute Gasteiger partial charge is 0.0993 e.